The quantitative estimate of drug-likeness (QED) is 0.631. The van der Waals surface area contributed by atoms with E-state index >= 15 is 0 Å². The predicted molar refractivity (Wildman–Crippen MR) is 53.2 cm³/mol. The summed E-state index contributed by atoms with van der Waals surface area (Å²) in [5, 5.41) is 0. The van der Waals surface area contributed by atoms with E-state index in [-0.39, 0.29) is 5.41 Å². The van der Waals surface area contributed by atoms with E-state index in [0.29, 0.717) is 11.7 Å². The normalized spacial score (nSPS) is 14.4. The Labute approximate surface area is 76.6 Å². The zero-order valence-electron chi connectivity index (χ0n) is 9.11. The fraction of sp³-hybridized carbons (Fsp3) is 0.909. The Balaban J connectivity index is 3.85. The lowest BCUT2D eigenvalue weighted by Crippen LogP contribution is -2.22. The van der Waals surface area contributed by atoms with Gasteiger partial charge in [0.05, 0.1) is 0 Å². The van der Waals surface area contributed by atoms with Crippen LogP contribution in [0.15, 0.2) is 0 Å². The number of ketones is 1. The van der Waals surface area contributed by atoms with E-state index in [1.165, 1.54) is 12.8 Å². The Morgan fingerprint density at radius 3 is 2.17 bits per heavy atom. The van der Waals surface area contributed by atoms with Crippen LogP contribution in [0.5, 0.6) is 0 Å². The molecular weight excluding hydrogens is 148 g/mol. The van der Waals surface area contributed by atoms with Gasteiger partial charge in [0.15, 0.2) is 0 Å². The summed E-state index contributed by atoms with van der Waals surface area (Å²) < 4.78 is 0. The van der Waals surface area contributed by atoms with Crippen LogP contribution in [0.1, 0.15) is 53.9 Å². The standard InChI is InChI=1S/C11H22O/c1-6-7-9(2)8-10(12)11(3,4)5/h9H,6-8H2,1-5H3. The summed E-state index contributed by atoms with van der Waals surface area (Å²) in [5.74, 6) is 0.949. The molecule has 1 heteroatoms. The van der Waals surface area contributed by atoms with Crippen molar-refractivity contribution in [3.63, 3.8) is 0 Å². The first-order valence-corrected chi connectivity index (χ1v) is 4.91. The zero-order chi connectivity index (χ0) is 9.78. The van der Waals surface area contributed by atoms with Crippen molar-refractivity contribution in [3.05, 3.63) is 0 Å². The summed E-state index contributed by atoms with van der Waals surface area (Å²) in [4.78, 5) is 11.5. The number of rotatable bonds is 4. The third-order valence-corrected chi connectivity index (χ3v) is 2.15. The van der Waals surface area contributed by atoms with Crippen molar-refractivity contribution >= 4 is 5.78 Å². The molecule has 0 aromatic heterocycles. The van der Waals surface area contributed by atoms with Crippen LogP contribution in [0, 0.1) is 11.3 Å². The SMILES string of the molecule is CCCC(C)CC(=O)C(C)(C)C. The first-order valence-electron chi connectivity index (χ1n) is 4.91. The predicted octanol–water partition coefficient (Wildman–Crippen LogP) is 3.43. The number of hydrogen-bond acceptors (Lipinski definition) is 1. The van der Waals surface area contributed by atoms with Crippen molar-refractivity contribution in [2.45, 2.75) is 53.9 Å². The van der Waals surface area contributed by atoms with Gasteiger partial charge in [-0.05, 0) is 5.92 Å². The fourth-order valence-corrected chi connectivity index (χ4v) is 1.22. The largest absolute Gasteiger partial charge is 0.299 e. The maximum absolute atomic E-state index is 11.5. The Morgan fingerprint density at radius 1 is 1.33 bits per heavy atom. The molecule has 1 unspecified atom stereocenters. The smallest absolute Gasteiger partial charge is 0.138 e. The Kier molecular flexibility index (Phi) is 4.51. The molecule has 0 fully saturated rings. The highest BCUT2D eigenvalue weighted by Crippen LogP contribution is 2.21. The van der Waals surface area contributed by atoms with E-state index in [2.05, 4.69) is 13.8 Å². The molecule has 1 atom stereocenters. The number of carbonyl (C=O) groups is 1. The van der Waals surface area contributed by atoms with Crippen LogP contribution in [0.3, 0.4) is 0 Å². The molecule has 1 nitrogen and oxygen atoms in total. The molecule has 0 saturated carbocycles. The fourth-order valence-electron chi connectivity index (χ4n) is 1.22. The third kappa shape index (κ3) is 4.53. The van der Waals surface area contributed by atoms with Crippen LogP contribution in [0.4, 0.5) is 0 Å². The van der Waals surface area contributed by atoms with Crippen molar-refractivity contribution in [1.29, 1.82) is 0 Å². The average Bonchev–Trinajstić information content (AvgIpc) is 1.85. The Hall–Kier alpha value is -0.330. The molecule has 0 aliphatic rings. The van der Waals surface area contributed by atoms with E-state index in [1.54, 1.807) is 0 Å². The van der Waals surface area contributed by atoms with Crippen molar-refractivity contribution in [2.75, 3.05) is 0 Å². The molecule has 0 rings (SSSR count). The van der Waals surface area contributed by atoms with Gasteiger partial charge in [-0.3, -0.25) is 4.79 Å². The lowest BCUT2D eigenvalue weighted by molar-refractivity contribution is -0.127. The maximum atomic E-state index is 11.5. The van der Waals surface area contributed by atoms with Gasteiger partial charge in [-0.1, -0.05) is 47.5 Å². The molecule has 0 amide bonds. The summed E-state index contributed by atoms with van der Waals surface area (Å²) in [6, 6.07) is 0. The van der Waals surface area contributed by atoms with E-state index in [1.807, 2.05) is 20.8 Å². The van der Waals surface area contributed by atoms with Gasteiger partial charge in [0, 0.05) is 11.8 Å². The molecule has 0 aromatic carbocycles. The topological polar surface area (TPSA) is 17.1 Å². The van der Waals surface area contributed by atoms with Gasteiger partial charge < -0.3 is 0 Å². The van der Waals surface area contributed by atoms with E-state index in [0.717, 1.165) is 6.42 Å². The monoisotopic (exact) mass is 170 g/mol. The van der Waals surface area contributed by atoms with Crippen molar-refractivity contribution in [3.8, 4) is 0 Å². The van der Waals surface area contributed by atoms with Crippen LogP contribution in [0.25, 0.3) is 0 Å². The molecule has 0 radical (unpaired) electrons. The lowest BCUT2D eigenvalue weighted by atomic mass is 9.84. The molecule has 0 spiro atoms. The lowest BCUT2D eigenvalue weighted by Gasteiger charge is -2.19. The first-order chi connectivity index (χ1) is 5.38. The zero-order valence-corrected chi connectivity index (χ0v) is 9.11. The highest BCUT2D eigenvalue weighted by Gasteiger charge is 2.22. The van der Waals surface area contributed by atoms with Gasteiger partial charge in [0.25, 0.3) is 0 Å². The van der Waals surface area contributed by atoms with Gasteiger partial charge >= 0.3 is 0 Å². The van der Waals surface area contributed by atoms with E-state index in [9.17, 15) is 4.79 Å². The Morgan fingerprint density at radius 2 is 1.83 bits per heavy atom. The van der Waals surface area contributed by atoms with Crippen LogP contribution in [0.2, 0.25) is 0 Å². The molecule has 0 saturated heterocycles. The highest BCUT2D eigenvalue weighted by molar-refractivity contribution is 5.83. The molecule has 0 aliphatic heterocycles. The van der Waals surface area contributed by atoms with Crippen molar-refractivity contribution in [1.82, 2.24) is 0 Å². The molecule has 72 valence electrons. The van der Waals surface area contributed by atoms with Gasteiger partial charge in [0.2, 0.25) is 0 Å². The summed E-state index contributed by atoms with van der Waals surface area (Å²) in [6.07, 6.45) is 3.09. The first kappa shape index (κ1) is 11.7. The molecule has 0 aliphatic carbocycles. The minimum Gasteiger partial charge on any atom is -0.299 e. The highest BCUT2D eigenvalue weighted by atomic mass is 16.1. The van der Waals surface area contributed by atoms with Crippen LogP contribution >= 0.6 is 0 Å². The van der Waals surface area contributed by atoms with E-state index < -0.39 is 0 Å². The molecule has 0 bridgehead atoms. The van der Waals surface area contributed by atoms with Gasteiger partial charge in [-0.15, -0.1) is 0 Å². The van der Waals surface area contributed by atoms with Gasteiger partial charge in [-0.2, -0.15) is 0 Å². The number of Topliss-reactive ketones (excluding diaryl/α,β-unsaturated/α-hetero) is 1. The molecular formula is C11H22O. The second-order valence-electron chi connectivity index (χ2n) is 4.77. The second kappa shape index (κ2) is 4.64. The summed E-state index contributed by atoms with van der Waals surface area (Å²) >= 11 is 0. The number of hydrogen-bond donors (Lipinski definition) is 0. The molecule has 0 aromatic rings. The third-order valence-electron chi connectivity index (χ3n) is 2.15. The second-order valence-corrected chi connectivity index (χ2v) is 4.77. The molecule has 12 heavy (non-hydrogen) atoms. The average molecular weight is 170 g/mol. The van der Waals surface area contributed by atoms with Crippen molar-refractivity contribution < 1.29 is 4.79 Å². The minimum atomic E-state index is -0.151. The summed E-state index contributed by atoms with van der Waals surface area (Å²) in [6.45, 7) is 10.3. The van der Waals surface area contributed by atoms with Crippen LogP contribution in [-0.4, -0.2) is 5.78 Å². The minimum absolute atomic E-state index is 0.151. The number of carbonyl (C=O) groups excluding carboxylic acids is 1. The van der Waals surface area contributed by atoms with Gasteiger partial charge in [0.1, 0.15) is 5.78 Å². The van der Waals surface area contributed by atoms with Crippen LogP contribution < -0.4 is 0 Å². The summed E-state index contributed by atoms with van der Waals surface area (Å²) in [5.41, 5.74) is -0.151. The van der Waals surface area contributed by atoms with Gasteiger partial charge in [-0.25, -0.2) is 0 Å². The van der Waals surface area contributed by atoms with E-state index in [4.69, 9.17) is 0 Å². The molecule has 0 heterocycles. The summed E-state index contributed by atoms with van der Waals surface area (Å²) in [7, 11) is 0. The molecule has 0 N–H and O–H groups in total. The van der Waals surface area contributed by atoms with Crippen LogP contribution in [-0.2, 0) is 4.79 Å². The Bertz CT molecular complexity index is 142. The van der Waals surface area contributed by atoms with Crippen molar-refractivity contribution in [2.24, 2.45) is 11.3 Å². The maximum Gasteiger partial charge on any atom is 0.138 e.